The Balaban J connectivity index is 1.31. The average Bonchev–Trinajstić information content (AvgIpc) is 3.44. The lowest BCUT2D eigenvalue weighted by Gasteiger charge is -2.28. The minimum absolute atomic E-state index is 0.00468. The smallest absolute Gasteiger partial charge is 0.231 e. The summed E-state index contributed by atoms with van der Waals surface area (Å²) in [6.07, 6.45) is 6.46. The van der Waals surface area contributed by atoms with E-state index in [-0.39, 0.29) is 24.7 Å². The fourth-order valence-electron chi connectivity index (χ4n) is 4.59. The summed E-state index contributed by atoms with van der Waals surface area (Å²) >= 11 is 0. The van der Waals surface area contributed by atoms with Gasteiger partial charge in [0.2, 0.25) is 12.7 Å². The molecule has 148 valence electrons. The maximum Gasteiger partial charge on any atom is 0.231 e. The number of rotatable bonds is 4. The molecule has 4 heterocycles. The van der Waals surface area contributed by atoms with Crippen molar-refractivity contribution in [1.29, 1.82) is 0 Å². The Morgan fingerprint density at radius 3 is 2.86 bits per heavy atom. The van der Waals surface area contributed by atoms with Crippen molar-refractivity contribution in [2.24, 2.45) is 5.92 Å². The molecule has 1 aromatic heterocycles. The molecule has 7 heteroatoms. The summed E-state index contributed by atoms with van der Waals surface area (Å²) in [5.41, 5.74) is 1.92. The number of nitrogens with one attached hydrogen (secondary N) is 1. The van der Waals surface area contributed by atoms with E-state index < -0.39 is 0 Å². The fourth-order valence-corrected chi connectivity index (χ4v) is 4.59. The molecule has 1 amide bonds. The molecule has 3 aliphatic heterocycles. The molecule has 2 fully saturated rings. The van der Waals surface area contributed by atoms with E-state index in [2.05, 4.69) is 14.9 Å². The molecular weight excluding hydrogens is 356 g/mol. The van der Waals surface area contributed by atoms with E-state index in [4.69, 9.17) is 9.47 Å². The van der Waals surface area contributed by atoms with Gasteiger partial charge in [-0.1, -0.05) is 6.42 Å². The van der Waals surface area contributed by atoms with Crippen LogP contribution < -0.4 is 9.47 Å². The highest BCUT2D eigenvalue weighted by atomic mass is 16.7. The van der Waals surface area contributed by atoms with Gasteiger partial charge in [0.1, 0.15) is 5.82 Å². The SMILES string of the molecule is CN1C(=O)[C@H](CN2CCCCC2)C[C@@H]1c1ncc(-c2ccc3c(c2)OCO3)[nH]1. The third kappa shape index (κ3) is 3.13. The quantitative estimate of drug-likeness (QED) is 0.881. The zero-order valence-corrected chi connectivity index (χ0v) is 16.2. The van der Waals surface area contributed by atoms with Crippen LogP contribution in [-0.2, 0) is 4.79 Å². The molecule has 28 heavy (non-hydrogen) atoms. The molecule has 2 saturated heterocycles. The second-order valence-electron chi connectivity index (χ2n) is 8.01. The lowest BCUT2D eigenvalue weighted by Crippen LogP contribution is -2.37. The second-order valence-corrected chi connectivity index (χ2v) is 8.01. The average molecular weight is 382 g/mol. The topological polar surface area (TPSA) is 70.7 Å². The van der Waals surface area contributed by atoms with Crippen molar-refractivity contribution in [1.82, 2.24) is 19.8 Å². The van der Waals surface area contributed by atoms with E-state index in [1.54, 1.807) is 0 Å². The molecule has 7 nitrogen and oxygen atoms in total. The summed E-state index contributed by atoms with van der Waals surface area (Å²) < 4.78 is 10.9. The molecule has 2 aromatic rings. The number of hydrogen-bond acceptors (Lipinski definition) is 5. The number of carbonyl (C=O) groups is 1. The minimum atomic E-state index is 0.00468. The third-order valence-electron chi connectivity index (χ3n) is 6.19. The van der Waals surface area contributed by atoms with Gasteiger partial charge in [0.25, 0.3) is 0 Å². The van der Waals surface area contributed by atoms with E-state index in [1.165, 1.54) is 19.3 Å². The van der Waals surface area contributed by atoms with Gasteiger partial charge in [-0.2, -0.15) is 0 Å². The van der Waals surface area contributed by atoms with Gasteiger partial charge in [0.15, 0.2) is 11.5 Å². The maximum absolute atomic E-state index is 12.8. The number of H-pyrrole nitrogens is 1. The van der Waals surface area contributed by atoms with E-state index in [1.807, 2.05) is 36.3 Å². The molecule has 3 aliphatic rings. The van der Waals surface area contributed by atoms with Crippen LogP contribution in [-0.4, -0.2) is 59.1 Å². The number of carbonyl (C=O) groups excluding carboxylic acids is 1. The molecule has 1 N–H and O–H groups in total. The van der Waals surface area contributed by atoms with Gasteiger partial charge in [-0.15, -0.1) is 0 Å². The molecular formula is C21H26N4O3. The number of imidazole rings is 1. The van der Waals surface area contributed by atoms with Gasteiger partial charge >= 0.3 is 0 Å². The van der Waals surface area contributed by atoms with Crippen molar-refractivity contribution in [3.63, 3.8) is 0 Å². The lowest BCUT2D eigenvalue weighted by molar-refractivity contribution is -0.131. The van der Waals surface area contributed by atoms with Crippen LogP contribution >= 0.6 is 0 Å². The van der Waals surface area contributed by atoms with Gasteiger partial charge < -0.3 is 24.3 Å². The highest BCUT2D eigenvalue weighted by Crippen LogP contribution is 2.38. The summed E-state index contributed by atoms with van der Waals surface area (Å²) in [5.74, 6) is 2.67. The summed E-state index contributed by atoms with van der Waals surface area (Å²) in [7, 11) is 1.89. The Morgan fingerprint density at radius 2 is 2.00 bits per heavy atom. The van der Waals surface area contributed by atoms with E-state index in [0.717, 1.165) is 54.6 Å². The second kappa shape index (κ2) is 7.13. The number of aromatic amines is 1. The first-order valence-corrected chi connectivity index (χ1v) is 10.1. The molecule has 0 spiro atoms. The number of amides is 1. The summed E-state index contributed by atoms with van der Waals surface area (Å²) in [4.78, 5) is 25.1. The van der Waals surface area contributed by atoms with Gasteiger partial charge in [0, 0.05) is 19.2 Å². The molecule has 0 radical (unpaired) electrons. The Labute approximate surface area is 164 Å². The predicted octanol–water partition coefficient (Wildman–Crippen LogP) is 2.81. The Morgan fingerprint density at radius 1 is 1.18 bits per heavy atom. The van der Waals surface area contributed by atoms with E-state index >= 15 is 0 Å². The van der Waals surface area contributed by atoms with Crippen molar-refractivity contribution in [2.75, 3.05) is 33.5 Å². The largest absolute Gasteiger partial charge is 0.454 e. The van der Waals surface area contributed by atoms with Crippen LogP contribution in [0.3, 0.4) is 0 Å². The number of ether oxygens (including phenoxy) is 2. The van der Waals surface area contributed by atoms with Crippen molar-refractivity contribution >= 4 is 5.91 Å². The predicted molar refractivity (Wildman–Crippen MR) is 104 cm³/mol. The summed E-state index contributed by atoms with van der Waals surface area (Å²) in [6.45, 7) is 3.37. The van der Waals surface area contributed by atoms with Crippen LogP contribution in [0.25, 0.3) is 11.3 Å². The number of piperidine rings is 1. The maximum atomic E-state index is 12.8. The molecule has 1 aromatic carbocycles. The Hall–Kier alpha value is -2.54. The van der Waals surface area contributed by atoms with Gasteiger partial charge in [0.05, 0.1) is 23.9 Å². The summed E-state index contributed by atoms with van der Waals surface area (Å²) in [6, 6.07) is 5.87. The molecule has 0 unspecified atom stereocenters. The molecule has 0 aliphatic carbocycles. The van der Waals surface area contributed by atoms with E-state index in [9.17, 15) is 4.79 Å². The molecule has 0 saturated carbocycles. The van der Waals surface area contributed by atoms with Crippen molar-refractivity contribution in [3.05, 3.63) is 30.2 Å². The molecule has 5 rings (SSSR count). The Bertz CT molecular complexity index is 874. The van der Waals surface area contributed by atoms with Crippen molar-refractivity contribution in [2.45, 2.75) is 31.7 Å². The monoisotopic (exact) mass is 382 g/mol. The van der Waals surface area contributed by atoms with Crippen LogP contribution in [0.2, 0.25) is 0 Å². The van der Waals surface area contributed by atoms with Crippen molar-refractivity contribution in [3.8, 4) is 22.8 Å². The first-order chi connectivity index (χ1) is 13.7. The first-order valence-electron chi connectivity index (χ1n) is 10.1. The lowest BCUT2D eigenvalue weighted by atomic mass is 10.0. The Kier molecular flexibility index (Phi) is 4.47. The zero-order chi connectivity index (χ0) is 19.1. The highest BCUT2D eigenvalue weighted by molar-refractivity contribution is 5.81. The van der Waals surface area contributed by atoms with Gasteiger partial charge in [-0.3, -0.25) is 4.79 Å². The molecule has 0 bridgehead atoms. The third-order valence-corrected chi connectivity index (χ3v) is 6.19. The van der Waals surface area contributed by atoms with Gasteiger partial charge in [-0.05, 0) is 50.6 Å². The van der Waals surface area contributed by atoms with Crippen LogP contribution in [0.4, 0.5) is 0 Å². The fraction of sp³-hybridized carbons (Fsp3) is 0.524. The number of hydrogen-bond donors (Lipinski definition) is 1. The van der Waals surface area contributed by atoms with E-state index in [0.29, 0.717) is 0 Å². The van der Waals surface area contributed by atoms with Crippen LogP contribution in [0.5, 0.6) is 11.5 Å². The van der Waals surface area contributed by atoms with Crippen LogP contribution in [0, 0.1) is 5.92 Å². The minimum Gasteiger partial charge on any atom is -0.454 e. The van der Waals surface area contributed by atoms with Crippen LogP contribution in [0.1, 0.15) is 37.5 Å². The van der Waals surface area contributed by atoms with Crippen molar-refractivity contribution < 1.29 is 14.3 Å². The molecule has 2 atom stereocenters. The first kappa shape index (κ1) is 17.6. The number of benzene rings is 1. The zero-order valence-electron chi connectivity index (χ0n) is 16.2. The van der Waals surface area contributed by atoms with Gasteiger partial charge in [-0.25, -0.2) is 4.98 Å². The normalized spacial score (nSPS) is 24.9. The number of fused-ring (bicyclic) bond motifs is 1. The summed E-state index contributed by atoms with van der Waals surface area (Å²) in [5, 5.41) is 0. The number of nitrogens with zero attached hydrogens (tertiary/aromatic N) is 3. The highest BCUT2D eigenvalue weighted by Gasteiger charge is 2.40. The number of likely N-dealkylation sites (tertiary alicyclic amines) is 2. The standard InChI is InChI=1S/C21H26N4O3/c1-24-17(9-15(21(24)26)12-25-7-3-2-4-8-25)20-22-11-16(23-20)14-5-6-18-19(10-14)28-13-27-18/h5-6,10-11,15,17H,2-4,7-9,12-13H2,1H3,(H,22,23)/t15-,17+/m0/s1. The van der Waals surface area contributed by atoms with Crippen LogP contribution in [0.15, 0.2) is 24.4 Å². The number of aromatic nitrogens is 2.